The van der Waals surface area contributed by atoms with E-state index in [1.165, 1.54) is 17.1 Å². The lowest BCUT2D eigenvalue weighted by atomic mass is 9.82. The number of hydrazine groups is 1. The molecule has 3 amide bonds. The lowest BCUT2D eigenvalue weighted by molar-refractivity contribution is -0.148. The van der Waals surface area contributed by atoms with E-state index in [-0.39, 0.29) is 23.8 Å². The Hall–Kier alpha value is -4.36. The molecule has 11 nitrogen and oxygen atoms in total. The van der Waals surface area contributed by atoms with Crippen molar-refractivity contribution in [3.63, 3.8) is 0 Å². The second-order valence-corrected chi connectivity index (χ2v) is 12.8. The molecule has 0 saturated carbocycles. The quantitative estimate of drug-likeness (QED) is 0.108. The normalized spacial score (nSPS) is 13.2. The van der Waals surface area contributed by atoms with Crippen LogP contribution in [-0.2, 0) is 31.0 Å². The van der Waals surface area contributed by atoms with Crippen LogP contribution in [-0.4, -0.2) is 47.0 Å². The van der Waals surface area contributed by atoms with Crippen LogP contribution >= 0.6 is 0 Å². The molecule has 0 aromatic heterocycles. The lowest BCUT2D eigenvalue weighted by Gasteiger charge is -2.30. The number of hydroxylamine groups is 1. The molecule has 3 aromatic rings. The predicted octanol–water partition coefficient (Wildman–Crippen LogP) is 4.52. The molecule has 0 fully saturated rings. The van der Waals surface area contributed by atoms with Crippen LogP contribution in [0.4, 0.5) is 0 Å². The first-order chi connectivity index (χ1) is 21.7. The third-order valence-electron chi connectivity index (χ3n) is 6.90. The van der Waals surface area contributed by atoms with E-state index >= 15 is 0 Å². The molecular weight excluding hydrogens is 608 g/mol. The monoisotopic (exact) mass is 652 g/mol. The van der Waals surface area contributed by atoms with Gasteiger partial charge in [-0.15, -0.1) is 0 Å². The summed E-state index contributed by atoms with van der Waals surface area (Å²) >= 11 is 0. The number of allylic oxidation sites excluding steroid dienone is 1. The van der Waals surface area contributed by atoms with Crippen LogP contribution in [0.15, 0.2) is 95.9 Å². The van der Waals surface area contributed by atoms with Crippen LogP contribution in [0.2, 0.25) is 0 Å². The molecule has 0 aliphatic carbocycles. The summed E-state index contributed by atoms with van der Waals surface area (Å²) < 4.78 is 29.6. The SMILES string of the molecule is CC(C)C[C@@H](C(=O)NN(Cc1ccccc1)C(=O)[C@@H](C)N)[C@H](C/C=C/c1ccccc1)C(=O)NO.Cc1ccc(S(=O)(=O)O)cc1. The summed E-state index contributed by atoms with van der Waals surface area (Å²) in [5.41, 5.74) is 13.0. The first-order valence-corrected chi connectivity index (χ1v) is 16.3. The number of hydrogen-bond acceptors (Lipinski definition) is 7. The number of nitrogens with one attached hydrogen (secondary N) is 2. The largest absolute Gasteiger partial charge is 0.320 e. The average molecular weight is 653 g/mol. The van der Waals surface area contributed by atoms with Gasteiger partial charge in [-0.05, 0) is 55.9 Å². The average Bonchev–Trinajstić information content (AvgIpc) is 3.02. The van der Waals surface area contributed by atoms with E-state index in [1.54, 1.807) is 24.5 Å². The Bertz CT molecular complexity index is 1530. The number of carbonyl (C=O) groups is 3. The van der Waals surface area contributed by atoms with Gasteiger partial charge in [0.15, 0.2) is 0 Å². The van der Waals surface area contributed by atoms with Crippen molar-refractivity contribution in [2.75, 3.05) is 0 Å². The maximum Gasteiger partial charge on any atom is 0.294 e. The van der Waals surface area contributed by atoms with E-state index in [1.807, 2.05) is 93.6 Å². The van der Waals surface area contributed by atoms with E-state index in [9.17, 15) is 28.0 Å². The lowest BCUT2D eigenvalue weighted by Crippen LogP contribution is -2.54. The zero-order chi connectivity index (χ0) is 34.3. The van der Waals surface area contributed by atoms with Gasteiger partial charge in [0.2, 0.25) is 11.8 Å². The molecule has 12 heteroatoms. The van der Waals surface area contributed by atoms with Gasteiger partial charge in [0, 0.05) is 0 Å². The summed E-state index contributed by atoms with van der Waals surface area (Å²) in [5, 5.41) is 10.6. The Morgan fingerprint density at radius 2 is 1.43 bits per heavy atom. The van der Waals surface area contributed by atoms with E-state index in [0.29, 0.717) is 6.42 Å². The molecule has 6 N–H and O–H groups in total. The predicted molar refractivity (Wildman–Crippen MR) is 176 cm³/mol. The number of aryl methyl sites for hydroxylation is 1. The van der Waals surface area contributed by atoms with E-state index in [4.69, 9.17) is 10.3 Å². The molecule has 0 spiro atoms. The van der Waals surface area contributed by atoms with Gasteiger partial charge in [-0.1, -0.05) is 104 Å². The Morgan fingerprint density at radius 1 is 0.870 bits per heavy atom. The molecule has 3 atom stereocenters. The van der Waals surface area contributed by atoms with Crippen molar-refractivity contribution in [1.29, 1.82) is 0 Å². The standard InChI is InChI=1S/C27H36N4O4.C7H8O3S/c1-19(2)17-24(23(26(33)30-35)16-10-15-21-11-6-4-7-12-21)25(32)29-31(27(34)20(3)28)18-22-13-8-5-9-14-22;1-6-2-4-7(5-3-6)11(8,9)10/h4-15,19-20,23-24,35H,16-18,28H2,1-3H3,(H,29,32)(H,30,33);2-5H,1H3,(H,8,9,10)/b15-10+;/t20-,23+,24-;/m1./s1. The number of benzene rings is 3. The van der Waals surface area contributed by atoms with E-state index < -0.39 is 45.7 Å². The first kappa shape index (κ1) is 37.8. The Morgan fingerprint density at radius 3 is 1.93 bits per heavy atom. The van der Waals surface area contributed by atoms with Crippen molar-refractivity contribution >= 4 is 33.9 Å². The fraction of sp³-hybridized carbons (Fsp3) is 0.324. The highest BCUT2D eigenvalue weighted by Gasteiger charge is 2.35. The van der Waals surface area contributed by atoms with Gasteiger partial charge in [-0.3, -0.25) is 29.6 Å². The molecule has 0 bridgehead atoms. The van der Waals surface area contributed by atoms with Crippen molar-refractivity contribution in [3.05, 3.63) is 108 Å². The van der Waals surface area contributed by atoms with Gasteiger partial charge in [0.25, 0.3) is 16.0 Å². The highest BCUT2D eigenvalue weighted by molar-refractivity contribution is 7.85. The van der Waals surface area contributed by atoms with Gasteiger partial charge in [-0.25, -0.2) is 10.5 Å². The highest BCUT2D eigenvalue weighted by Crippen LogP contribution is 2.26. The van der Waals surface area contributed by atoms with Crippen molar-refractivity contribution in [2.45, 2.75) is 58.0 Å². The van der Waals surface area contributed by atoms with Crippen molar-refractivity contribution in [3.8, 4) is 0 Å². The van der Waals surface area contributed by atoms with Crippen molar-refractivity contribution in [2.24, 2.45) is 23.5 Å². The summed E-state index contributed by atoms with van der Waals surface area (Å²) in [7, 11) is -4.02. The van der Waals surface area contributed by atoms with Gasteiger partial charge in [-0.2, -0.15) is 8.42 Å². The van der Waals surface area contributed by atoms with Gasteiger partial charge >= 0.3 is 0 Å². The molecule has 0 radical (unpaired) electrons. The Kier molecular flexibility index (Phi) is 15.3. The molecule has 0 saturated heterocycles. The van der Waals surface area contributed by atoms with Crippen LogP contribution in [0.1, 0.15) is 50.3 Å². The third kappa shape index (κ3) is 12.9. The molecule has 0 aliphatic rings. The number of nitrogens with two attached hydrogens (primary N) is 1. The second-order valence-electron chi connectivity index (χ2n) is 11.3. The van der Waals surface area contributed by atoms with Gasteiger partial charge in [0.05, 0.1) is 29.3 Å². The van der Waals surface area contributed by atoms with Crippen molar-refractivity contribution < 1.29 is 32.6 Å². The number of carbonyl (C=O) groups excluding carboxylic acids is 3. The molecule has 248 valence electrons. The first-order valence-electron chi connectivity index (χ1n) is 14.8. The van der Waals surface area contributed by atoms with Crippen LogP contribution in [0.5, 0.6) is 0 Å². The summed E-state index contributed by atoms with van der Waals surface area (Å²) in [4.78, 5) is 38.8. The fourth-order valence-corrected chi connectivity index (χ4v) is 5.00. The molecule has 3 rings (SSSR count). The smallest absolute Gasteiger partial charge is 0.294 e. The molecule has 46 heavy (non-hydrogen) atoms. The summed E-state index contributed by atoms with van der Waals surface area (Å²) in [5.74, 6) is -3.13. The van der Waals surface area contributed by atoms with Crippen molar-refractivity contribution in [1.82, 2.24) is 15.9 Å². The van der Waals surface area contributed by atoms with Gasteiger partial charge < -0.3 is 5.73 Å². The molecular formula is C34H44N4O7S. The minimum atomic E-state index is -4.02. The fourth-order valence-electron chi connectivity index (χ4n) is 4.52. The summed E-state index contributed by atoms with van der Waals surface area (Å²) in [6.07, 6.45) is 4.29. The maximum atomic E-state index is 13.5. The van der Waals surface area contributed by atoms with Crippen LogP contribution in [0.25, 0.3) is 6.08 Å². The molecule has 0 heterocycles. The third-order valence-corrected chi connectivity index (χ3v) is 7.77. The minimum absolute atomic E-state index is 0.0666. The van der Waals surface area contributed by atoms with Crippen LogP contribution in [0, 0.1) is 24.7 Å². The Balaban J connectivity index is 0.000000562. The topological polar surface area (TPSA) is 179 Å². The second kappa shape index (κ2) is 18.6. The van der Waals surface area contributed by atoms with Crippen LogP contribution < -0.4 is 16.6 Å². The number of amides is 3. The minimum Gasteiger partial charge on any atom is -0.320 e. The zero-order valence-corrected chi connectivity index (χ0v) is 27.4. The molecule has 0 aliphatic heterocycles. The zero-order valence-electron chi connectivity index (χ0n) is 26.5. The van der Waals surface area contributed by atoms with E-state index in [0.717, 1.165) is 16.7 Å². The number of hydrogen-bond donors (Lipinski definition) is 5. The molecule has 0 unspecified atom stereocenters. The molecule has 3 aromatic carbocycles. The summed E-state index contributed by atoms with van der Waals surface area (Å²) in [6, 6.07) is 24.0. The van der Waals surface area contributed by atoms with Gasteiger partial charge in [0.1, 0.15) is 0 Å². The number of rotatable bonds is 12. The van der Waals surface area contributed by atoms with Crippen LogP contribution in [0.3, 0.4) is 0 Å². The van der Waals surface area contributed by atoms with E-state index in [2.05, 4.69) is 5.43 Å². The maximum absolute atomic E-state index is 13.5. The Labute approximate surface area is 271 Å². The highest BCUT2D eigenvalue weighted by atomic mass is 32.2. The number of nitrogens with zero attached hydrogens (tertiary/aromatic N) is 1. The summed E-state index contributed by atoms with van der Waals surface area (Å²) in [6.45, 7) is 7.42.